The summed E-state index contributed by atoms with van der Waals surface area (Å²) in [4.78, 5) is 23.3. The van der Waals surface area contributed by atoms with Gasteiger partial charge in [-0.05, 0) is 44.9 Å². The predicted octanol–water partition coefficient (Wildman–Crippen LogP) is 3.29. The number of carbonyl (C=O) groups is 2. The minimum atomic E-state index is -0.815. The van der Waals surface area contributed by atoms with Crippen LogP contribution in [0.3, 0.4) is 0 Å². The van der Waals surface area contributed by atoms with Gasteiger partial charge < -0.3 is 10.4 Å². The van der Waals surface area contributed by atoms with Crippen LogP contribution in [0.1, 0.15) is 48.4 Å². The maximum absolute atomic E-state index is 12.4. The summed E-state index contributed by atoms with van der Waals surface area (Å²) < 4.78 is 1.76. The number of hydrogen-bond donors (Lipinski definition) is 2. The maximum atomic E-state index is 12.4. The van der Waals surface area contributed by atoms with Crippen LogP contribution in [0, 0.1) is 12.8 Å². The van der Waals surface area contributed by atoms with Gasteiger partial charge in [-0.15, -0.1) is 0 Å². The van der Waals surface area contributed by atoms with Crippen molar-refractivity contribution in [1.29, 1.82) is 0 Å². The molecule has 1 aromatic heterocycles. The van der Waals surface area contributed by atoms with Gasteiger partial charge in [-0.25, -0.2) is 0 Å². The first-order valence-corrected chi connectivity index (χ1v) is 7.96. The second-order valence-electron chi connectivity index (χ2n) is 6.30. The van der Waals surface area contributed by atoms with Crippen LogP contribution < -0.4 is 5.32 Å². The Morgan fingerprint density at radius 2 is 1.83 bits per heavy atom. The number of anilines is 1. The minimum Gasteiger partial charge on any atom is -0.481 e. The average molecular weight is 329 g/mol. The third-order valence-electron chi connectivity index (χ3n) is 3.87. The zero-order chi connectivity index (χ0) is 17.9. The molecule has 0 fully saturated rings. The van der Waals surface area contributed by atoms with Crippen LogP contribution in [0.2, 0.25) is 0 Å². The SMILES string of the molecule is Cc1nn(C(C)C)cc1C(=O)Nc1ccc(CC(C)C(=O)O)cc1. The van der Waals surface area contributed by atoms with Gasteiger partial charge >= 0.3 is 5.97 Å². The van der Waals surface area contributed by atoms with Crippen molar-refractivity contribution >= 4 is 17.6 Å². The Balaban J connectivity index is 2.05. The number of nitrogens with zero attached hydrogens (tertiary/aromatic N) is 2. The third-order valence-corrected chi connectivity index (χ3v) is 3.87. The summed E-state index contributed by atoms with van der Waals surface area (Å²) in [6.07, 6.45) is 2.21. The first kappa shape index (κ1) is 17.7. The molecule has 0 bridgehead atoms. The summed E-state index contributed by atoms with van der Waals surface area (Å²) in [6, 6.07) is 7.42. The van der Waals surface area contributed by atoms with E-state index >= 15 is 0 Å². The standard InChI is InChI=1S/C18H23N3O3/c1-11(2)21-10-16(13(4)20-21)17(22)19-15-7-5-14(6-8-15)9-12(3)18(23)24/h5-8,10-12H,9H2,1-4H3,(H,19,22)(H,23,24). The number of carboxylic acid groups (broad SMARTS) is 1. The molecular weight excluding hydrogens is 306 g/mol. The van der Waals surface area contributed by atoms with Gasteiger partial charge in [0.05, 0.1) is 17.2 Å². The highest BCUT2D eigenvalue weighted by atomic mass is 16.4. The Morgan fingerprint density at radius 1 is 1.21 bits per heavy atom. The zero-order valence-corrected chi connectivity index (χ0v) is 14.4. The number of aliphatic carboxylic acids is 1. The molecule has 0 saturated heterocycles. The van der Waals surface area contributed by atoms with Crippen LogP contribution in [0.5, 0.6) is 0 Å². The lowest BCUT2D eigenvalue weighted by atomic mass is 10.0. The zero-order valence-electron chi connectivity index (χ0n) is 14.4. The molecule has 24 heavy (non-hydrogen) atoms. The molecule has 0 aliphatic rings. The van der Waals surface area contributed by atoms with E-state index in [4.69, 9.17) is 5.11 Å². The number of hydrogen-bond acceptors (Lipinski definition) is 3. The molecule has 6 nitrogen and oxygen atoms in total. The van der Waals surface area contributed by atoms with Crippen LogP contribution in [0.15, 0.2) is 30.5 Å². The second-order valence-corrected chi connectivity index (χ2v) is 6.30. The molecule has 2 aromatic rings. The van der Waals surface area contributed by atoms with Crippen molar-refractivity contribution in [3.8, 4) is 0 Å². The lowest BCUT2D eigenvalue weighted by molar-refractivity contribution is -0.141. The van der Waals surface area contributed by atoms with Crippen molar-refractivity contribution in [3.63, 3.8) is 0 Å². The van der Waals surface area contributed by atoms with Crippen molar-refractivity contribution < 1.29 is 14.7 Å². The molecule has 2 rings (SSSR count). The normalized spacial score (nSPS) is 12.2. The molecule has 1 aromatic carbocycles. The molecule has 0 aliphatic heterocycles. The van der Waals surface area contributed by atoms with Crippen molar-refractivity contribution in [2.45, 2.75) is 40.2 Å². The van der Waals surface area contributed by atoms with E-state index in [1.807, 2.05) is 32.9 Å². The summed E-state index contributed by atoms with van der Waals surface area (Å²) in [7, 11) is 0. The highest BCUT2D eigenvalue weighted by Gasteiger charge is 2.15. The Bertz CT molecular complexity index is 732. The Kier molecular flexibility index (Phi) is 5.39. The molecule has 1 atom stereocenters. The molecule has 6 heteroatoms. The van der Waals surface area contributed by atoms with Gasteiger partial charge in [-0.3, -0.25) is 14.3 Å². The Morgan fingerprint density at radius 3 is 2.33 bits per heavy atom. The smallest absolute Gasteiger partial charge is 0.306 e. The fourth-order valence-electron chi connectivity index (χ4n) is 2.33. The molecule has 1 unspecified atom stereocenters. The van der Waals surface area contributed by atoms with E-state index in [1.165, 1.54) is 0 Å². The van der Waals surface area contributed by atoms with Gasteiger partial charge in [0, 0.05) is 17.9 Å². The van der Waals surface area contributed by atoms with E-state index in [0.717, 1.165) is 5.56 Å². The molecule has 1 heterocycles. The van der Waals surface area contributed by atoms with Crippen LogP contribution in [-0.2, 0) is 11.2 Å². The molecule has 0 spiro atoms. The fraction of sp³-hybridized carbons (Fsp3) is 0.389. The molecule has 0 saturated carbocycles. The highest BCUT2D eigenvalue weighted by molar-refractivity contribution is 6.04. The van der Waals surface area contributed by atoms with E-state index in [9.17, 15) is 9.59 Å². The van der Waals surface area contributed by atoms with Crippen LogP contribution >= 0.6 is 0 Å². The average Bonchev–Trinajstić information content (AvgIpc) is 2.91. The topological polar surface area (TPSA) is 84.2 Å². The van der Waals surface area contributed by atoms with Crippen molar-refractivity contribution in [3.05, 3.63) is 47.3 Å². The third kappa shape index (κ3) is 4.22. The highest BCUT2D eigenvalue weighted by Crippen LogP contribution is 2.16. The summed E-state index contributed by atoms with van der Waals surface area (Å²) in [5.74, 6) is -1.45. The molecule has 0 aliphatic carbocycles. The summed E-state index contributed by atoms with van der Waals surface area (Å²) in [5.41, 5.74) is 2.83. The van der Waals surface area contributed by atoms with Gasteiger partial charge in [0.25, 0.3) is 5.91 Å². The quantitative estimate of drug-likeness (QED) is 0.852. The van der Waals surface area contributed by atoms with E-state index in [-0.39, 0.29) is 11.9 Å². The molecule has 2 N–H and O–H groups in total. The number of nitrogens with one attached hydrogen (secondary N) is 1. The van der Waals surface area contributed by atoms with Gasteiger partial charge in [-0.1, -0.05) is 19.1 Å². The van der Waals surface area contributed by atoms with Crippen LogP contribution in [0.25, 0.3) is 0 Å². The van der Waals surface area contributed by atoms with Gasteiger partial charge in [-0.2, -0.15) is 5.10 Å². The Labute approximate surface area is 141 Å². The monoisotopic (exact) mass is 329 g/mol. The van der Waals surface area contributed by atoms with Gasteiger partial charge in [0.2, 0.25) is 0 Å². The van der Waals surface area contributed by atoms with E-state index in [2.05, 4.69) is 10.4 Å². The molecule has 1 amide bonds. The molecule has 0 radical (unpaired) electrons. The lowest BCUT2D eigenvalue weighted by Crippen LogP contribution is -2.13. The largest absolute Gasteiger partial charge is 0.481 e. The second kappa shape index (κ2) is 7.29. The van der Waals surface area contributed by atoms with E-state index < -0.39 is 11.9 Å². The first-order valence-electron chi connectivity index (χ1n) is 7.96. The number of aryl methyl sites for hydroxylation is 1. The van der Waals surface area contributed by atoms with Crippen LogP contribution in [0.4, 0.5) is 5.69 Å². The van der Waals surface area contributed by atoms with Crippen LogP contribution in [-0.4, -0.2) is 26.8 Å². The number of aromatic nitrogens is 2. The number of rotatable bonds is 6. The molecule has 128 valence electrons. The van der Waals surface area contributed by atoms with E-state index in [0.29, 0.717) is 23.4 Å². The van der Waals surface area contributed by atoms with Crippen molar-refractivity contribution in [1.82, 2.24) is 9.78 Å². The maximum Gasteiger partial charge on any atom is 0.306 e. The fourth-order valence-corrected chi connectivity index (χ4v) is 2.33. The number of benzene rings is 1. The summed E-state index contributed by atoms with van der Waals surface area (Å²) >= 11 is 0. The predicted molar refractivity (Wildman–Crippen MR) is 92.2 cm³/mol. The van der Waals surface area contributed by atoms with Crippen molar-refractivity contribution in [2.24, 2.45) is 5.92 Å². The number of amides is 1. The Hall–Kier alpha value is -2.63. The van der Waals surface area contributed by atoms with Gasteiger partial charge in [0.15, 0.2) is 0 Å². The first-order chi connectivity index (χ1) is 11.3. The number of carbonyl (C=O) groups excluding carboxylic acids is 1. The van der Waals surface area contributed by atoms with Gasteiger partial charge in [0.1, 0.15) is 0 Å². The molecular formula is C18H23N3O3. The van der Waals surface area contributed by atoms with Crippen molar-refractivity contribution in [2.75, 3.05) is 5.32 Å². The van der Waals surface area contributed by atoms with E-state index in [1.54, 1.807) is 29.9 Å². The summed E-state index contributed by atoms with van der Waals surface area (Å²) in [5, 5.41) is 16.1. The minimum absolute atomic E-state index is 0.195. The summed E-state index contributed by atoms with van der Waals surface area (Å²) in [6.45, 7) is 7.49. The number of carboxylic acids is 1. The lowest BCUT2D eigenvalue weighted by Gasteiger charge is -2.08.